The topological polar surface area (TPSA) is 55.5 Å². The Hall–Kier alpha value is 0.230. The molecule has 0 bridgehead atoms. The van der Waals surface area contributed by atoms with Crippen LogP contribution in [0.3, 0.4) is 0 Å². The molecule has 4 heteroatoms. The van der Waals surface area contributed by atoms with Crippen molar-refractivity contribution in [3.05, 3.63) is 0 Å². The van der Waals surface area contributed by atoms with E-state index in [1.54, 1.807) is 11.8 Å². The summed E-state index contributed by atoms with van der Waals surface area (Å²) in [6, 6.07) is 0. The number of rotatable bonds is 3. The molecule has 11 heavy (non-hydrogen) atoms. The van der Waals surface area contributed by atoms with Gasteiger partial charge < -0.3 is 15.6 Å². The summed E-state index contributed by atoms with van der Waals surface area (Å²) in [5, 5.41) is 9.99. The van der Waals surface area contributed by atoms with E-state index < -0.39 is 0 Å². The highest BCUT2D eigenvalue weighted by molar-refractivity contribution is 8.00. The summed E-state index contributed by atoms with van der Waals surface area (Å²) in [7, 11) is 0. The Morgan fingerprint density at radius 3 is 2.91 bits per heavy atom. The fraction of sp³-hybridized carbons (Fsp3) is 1.00. The second-order valence-electron chi connectivity index (χ2n) is 2.83. The number of thioether (sulfide) groups is 1. The van der Waals surface area contributed by atoms with Gasteiger partial charge in [-0.1, -0.05) is 6.92 Å². The molecule has 1 aliphatic heterocycles. The lowest BCUT2D eigenvalue weighted by molar-refractivity contribution is 0.127. The molecule has 0 radical (unpaired) electrons. The average Bonchev–Trinajstić information content (AvgIpc) is 2.37. The molecular formula is C7H15NO2S. The number of nitrogens with two attached hydrogens (primary N) is 1. The van der Waals surface area contributed by atoms with Crippen LogP contribution in [0.2, 0.25) is 0 Å². The average molecular weight is 177 g/mol. The largest absolute Gasteiger partial charge is 0.389 e. The summed E-state index contributed by atoms with van der Waals surface area (Å²) in [6.45, 7) is 3.87. The van der Waals surface area contributed by atoms with E-state index in [1.807, 2.05) is 0 Å². The lowest BCUT2D eigenvalue weighted by atomic mass is 10.3. The Kier molecular flexibility index (Phi) is 3.65. The number of hydrogen-bond donors (Lipinski definition) is 2. The molecule has 0 aromatic heterocycles. The van der Waals surface area contributed by atoms with Gasteiger partial charge in [0.15, 0.2) is 0 Å². The summed E-state index contributed by atoms with van der Waals surface area (Å²) in [6.07, 6.45) is -0.297. The zero-order chi connectivity index (χ0) is 8.27. The van der Waals surface area contributed by atoms with Crippen molar-refractivity contribution < 1.29 is 9.84 Å². The fourth-order valence-electron chi connectivity index (χ4n) is 1.01. The third-order valence-electron chi connectivity index (χ3n) is 1.74. The van der Waals surface area contributed by atoms with Crippen molar-refractivity contribution in [3.8, 4) is 0 Å². The predicted molar refractivity (Wildman–Crippen MR) is 46.7 cm³/mol. The van der Waals surface area contributed by atoms with Crippen LogP contribution in [0, 0.1) is 0 Å². The van der Waals surface area contributed by atoms with Crippen LogP contribution in [0.4, 0.5) is 0 Å². The Balaban J connectivity index is 2.24. The number of aliphatic hydroxyl groups excluding tert-OH is 1. The highest BCUT2D eigenvalue weighted by Crippen LogP contribution is 2.24. The van der Waals surface area contributed by atoms with Crippen LogP contribution >= 0.6 is 11.8 Å². The van der Waals surface area contributed by atoms with Crippen molar-refractivity contribution in [3.63, 3.8) is 0 Å². The number of hydrogen-bond acceptors (Lipinski definition) is 4. The molecule has 1 rings (SSSR count). The van der Waals surface area contributed by atoms with Crippen molar-refractivity contribution >= 4 is 11.8 Å². The second-order valence-corrected chi connectivity index (χ2v) is 4.51. The quantitative estimate of drug-likeness (QED) is 0.628. The Morgan fingerprint density at radius 1 is 1.73 bits per heavy atom. The van der Waals surface area contributed by atoms with E-state index in [-0.39, 0.29) is 11.4 Å². The van der Waals surface area contributed by atoms with E-state index in [1.165, 1.54) is 0 Å². The summed E-state index contributed by atoms with van der Waals surface area (Å²) in [5.41, 5.74) is 5.45. The van der Waals surface area contributed by atoms with Gasteiger partial charge in [-0.2, -0.15) is 0 Å². The van der Waals surface area contributed by atoms with Crippen molar-refractivity contribution in [1.29, 1.82) is 0 Å². The molecule has 3 nitrogen and oxygen atoms in total. The summed E-state index contributed by atoms with van der Waals surface area (Å²) in [4.78, 5) is 0. The van der Waals surface area contributed by atoms with Gasteiger partial charge in [-0.3, -0.25) is 0 Å². The van der Waals surface area contributed by atoms with Crippen molar-refractivity contribution in [2.75, 3.05) is 19.8 Å². The summed E-state index contributed by atoms with van der Waals surface area (Å²) < 4.78 is 5.10. The minimum atomic E-state index is -0.297. The lowest BCUT2D eigenvalue weighted by Crippen LogP contribution is -2.25. The second kappa shape index (κ2) is 4.30. The maximum atomic E-state index is 9.35. The fourth-order valence-corrected chi connectivity index (χ4v) is 2.15. The normalized spacial score (nSPS) is 34.1. The maximum Gasteiger partial charge on any atom is 0.0914 e. The van der Waals surface area contributed by atoms with Crippen molar-refractivity contribution in [2.45, 2.75) is 23.5 Å². The van der Waals surface area contributed by atoms with Crippen LogP contribution < -0.4 is 5.73 Å². The van der Waals surface area contributed by atoms with Gasteiger partial charge in [0.1, 0.15) is 0 Å². The standard InChI is InChI=1S/C7H15NO2S/c1-5(2-8)11-7-4-10-3-6(7)9/h5-7,9H,2-4,8H2,1H3. The Morgan fingerprint density at radius 2 is 2.45 bits per heavy atom. The minimum Gasteiger partial charge on any atom is -0.389 e. The smallest absolute Gasteiger partial charge is 0.0914 e. The van der Waals surface area contributed by atoms with Gasteiger partial charge >= 0.3 is 0 Å². The zero-order valence-corrected chi connectivity index (χ0v) is 7.51. The highest BCUT2D eigenvalue weighted by Gasteiger charge is 2.27. The van der Waals surface area contributed by atoms with Crippen LogP contribution in [-0.4, -0.2) is 41.5 Å². The van der Waals surface area contributed by atoms with Crippen molar-refractivity contribution in [1.82, 2.24) is 0 Å². The first kappa shape index (κ1) is 9.32. The molecule has 0 aromatic rings. The van der Waals surface area contributed by atoms with E-state index in [2.05, 4.69) is 6.92 Å². The van der Waals surface area contributed by atoms with Crippen LogP contribution in [-0.2, 0) is 4.74 Å². The molecule has 1 fully saturated rings. The molecule has 1 heterocycles. The van der Waals surface area contributed by atoms with Gasteiger partial charge in [0.25, 0.3) is 0 Å². The first-order valence-electron chi connectivity index (χ1n) is 3.85. The third kappa shape index (κ3) is 2.63. The van der Waals surface area contributed by atoms with E-state index in [0.29, 0.717) is 25.0 Å². The van der Waals surface area contributed by atoms with Gasteiger partial charge in [0, 0.05) is 11.8 Å². The molecule has 0 amide bonds. The van der Waals surface area contributed by atoms with Gasteiger partial charge in [-0.05, 0) is 0 Å². The van der Waals surface area contributed by atoms with Crippen LogP contribution in [0.25, 0.3) is 0 Å². The molecule has 0 saturated carbocycles. The van der Waals surface area contributed by atoms with Gasteiger partial charge in [0.05, 0.1) is 24.6 Å². The summed E-state index contributed by atoms with van der Waals surface area (Å²) in [5.74, 6) is 0. The maximum absolute atomic E-state index is 9.35. The monoisotopic (exact) mass is 177 g/mol. The SMILES string of the molecule is CC(CN)SC1COCC1O. The molecule has 1 saturated heterocycles. The molecule has 0 spiro atoms. The van der Waals surface area contributed by atoms with E-state index in [4.69, 9.17) is 10.5 Å². The van der Waals surface area contributed by atoms with E-state index in [9.17, 15) is 5.11 Å². The van der Waals surface area contributed by atoms with E-state index in [0.717, 1.165) is 0 Å². The predicted octanol–water partition coefficient (Wildman–Crippen LogP) is -0.174. The molecule has 0 aliphatic carbocycles. The van der Waals surface area contributed by atoms with Crippen LogP contribution in [0.1, 0.15) is 6.92 Å². The van der Waals surface area contributed by atoms with E-state index >= 15 is 0 Å². The molecule has 3 atom stereocenters. The zero-order valence-electron chi connectivity index (χ0n) is 6.69. The minimum absolute atomic E-state index is 0.230. The Labute approximate surface area is 71.3 Å². The highest BCUT2D eigenvalue weighted by atomic mass is 32.2. The molecule has 66 valence electrons. The van der Waals surface area contributed by atoms with Gasteiger partial charge in [0.2, 0.25) is 0 Å². The first-order valence-corrected chi connectivity index (χ1v) is 4.79. The first-order chi connectivity index (χ1) is 5.24. The number of aliphatic hydroxyl groups is 1. The Bertz CT molecular complexity index is 123. The van der Waals surface area contributed by atoms with Crippen LogP contribution in [0.15, 0.2) is 0 Å². The number of ether oxygens (including phenoxy) is 1. The third-order valence-corrected chi connectivity index (χ3v) is 3.20. The molecular weight excluding hydrogens is 162 g/mol. The molecule has 1 aliphatic rings. The summed E-state index contributed by atoms with van der Waals surface area (Å²) >= 11 is 1.72. The van der Waals surface area contributed by atoms with Crippen LogP contribution in [0.5, 0.6) is 0 Å². The van der Waals surface area contributed by atoms with Gasteiger partial charge in [-0.25, -0.2) is 0 Å². The van der Waals surface area contributed by atoms with Gasteiger partial charge in [-0.15, -0.1) is 11.8 Å². The molecule has 3 unspecified atom stereocenters. The molecule has 3 N–H and O–H groups in total. The van der Waals surface area contributed by atoms with Crippen molar-refractivity contribution in [2.24, 2.45) is 5.73 Å². The molecule has 0 aromatic carbocycles. The lowest BCUT2D eigenvalue weighted by Gasteiger charge is -2.15.